The molecule has 0 amide bonds. The number of thioether (sulfide) groups is 1. The molecular formula is C33H33N4O3S3+. The molecule has 1 aliphatic rings. The number of aromatic nitrogens is 3. The molecule has 0 radical (unpaired) electrons. The molecular weight excluding hydrogens is 597 g/mol. The Morgan fingerprint density at radius 1 is 1.19 bits per heavy atom. The summed E-state index contributed by atoms with van der Waals surface area (Å²) < 4.78 is 7.50. The number of benzene rings is 2. The molecule has 2 aromatic heterocycles. The second-order valence-corrected chi connectivity index (χ2v) is 12.5. The zero-order chi connectivity index (χ0) is 30.3. The molecule has 2 aromatic carbocycles. The summed E-state index contributed by atoms with van der Waals surface area (Å²) in [6.45, 7) is 9.17. The second-order valence-electron chi connectivity index (χ2n) is 9.86. The Balaban J connectivity index is 1.46. The van der Waals surface area contributed by atoms with Crippen LogP contribution in [0.5, 0.6) is 5.19 Å². The fraction of sp³-hybridized carbons (Fsp3) is 0.212. The fourth-order valence-electron chi connectivity index (χ4n) is 4.86. The Bertz CT molecular complexity index is 1760. The number of aryl methyl sites for hydroxylation is 1. The summed E-state index contributed by atoms with van der Waals surface area (Å²) in [7, 11) is 0. The van der Waals surface area contributed by atoms with Gasteiger partial charge >= 0.3 is 11.2 Å². The van der Waals surface area contributed by atoms with E-state index in [1.807, 2.05) is 31.3 Å². The van der Waals surface area contributed by atoms with Crippen molar-refractivity contribution in [3.05, 3.63) is 106 Å². The number of rotatable bonds is 11. The van der Waals surface area contributed by atoms with Gasteiger partial charge in [0.15, 0.2) is 6.20 Å². The number of allylic oxidation sites excluding steroid dienone is 6. The van der Waals surface area contributed by atoms with Gasteiger partial charge in [-0.3, -0.25) is 0 Å². The minimum atomic E-state index is -0.860. The molecule has 3 heterocycles. The van der Waals surface area contributed by atoms with Gasteiger partial charge in [0.05, 0.1) is 33.0 Å². The summed E-state index contributed by atoms with van der Waals surface area (Å²) in [6.07, 6.45) is 13.6. The van der Waals surface area contributed by atoms with Crippen molar-refractivity contribution in [3.8, 4) is 5.19 Å². The maximum Gasteiger partial charge on any atom is 0.370 e. The molecule has 43 heavy (non-hydrogen) atoms. The first-order valence-electron chi connectivity index (χ1n) is 14.0. The lowest BCUT2D eigenvalue weighted by Gasteiger charge is -2.18. The van der Waals surface area contributed by atoms with Crippen LogP contribution in [0.15, 0.2) is 104 Å². The maximum atomic E-state index is 11.5. The molecule has 0 bridgehead atoms. The molecule has 5 rings (SSSR count). The lowest BCUT2D eigenvalue weighted by atomic mass is 10.0. The van der Waals surface area contributed by atoms with Crippen molar-refractivity contribution in [1.82, 2.24) is 10.2 Å². The first-order chi connectivity index (χ1) is 20.9. The van der Waals surface area contributed by atoms with Gasteiger partial charge < -0.3 is 14.2 Å². The van der Waals surface area contributed by atoms with Crippen LogP contribution in [0, 0.1) is 6.92 Å². The standard InChI is InChI=1S/C33H32N4O3S3/c1-5-8-24(16-23(6-2)17-25-13-14-36(20-32(38)39)28-11-9-22(4)15-27(25)28)18-31-37(7-3)29-19-26(10-12-30(29)42-31)43-40-33-35-34-21-41-33/h5,8-19,21H,6-7,20H2,1-4H3/p+1/b8-5+. The van der Waals surface area contributed by atoms with Crippen LogP contribution >= 0.6 is 35.1 Å². The van der Waals surface area contributed by atoms with Gasteiger partial charge in [-0.25, -0.2) is 4.79 Å². The average molecular weight is 630 g/mol. The number of hydrogen-bond donors (Lipinski definition) is 1. The average Bonchev–Trinajstić information content (AvgIpc) is 3.63. The van der Waals surface area contributed by atoms with E-state index in [9.17, 15) is 9.90 Å². The van der Waals surface area contributed by atoms with Crippen molar-refractivity contribution in [2.24, 2.45) is 0 Å². The Hall–Kier alpha value is -3.86. The number of anilines is 1. The van der Waals surface area contributed by atoms with Crippen molar-refractivity contribution in [1.29, 1.82) is 0 Å². The van der Waals surface area contributed by atoms with Gasteiger partial charge in [0.2, 0.25) is 12.1 Å². The number of hydrogen-bond acceptors (Lipinski definition) is 8. The maximum absolute atomic E-state index is 11.5. The number of carbonyl (C=O) groups is 1. The Labute approximate surface area is 264 Å². The predicted molar refractivity (Wildman–Crippen MR) is 177 cm³/mol. The van der Waals surface area contributed by atoms with E-state index < -0.39 is 5.97 Å². The summed E-state index contributed by atoms with van der Waals surface area (Å²) in [5.74, 6) is -0.860. The zero-order valence-corrected chi connectivity index (χ0v) is 26.9. The molecule has 0 atom stereocenters. The van der Waals surface area contributed by atoms with Gasteiger partial charge in [-0.15, -0.1) is 5.10 Å². The highest BCUT2D eigenvalue weighted by molar-refractivity contribution is 8.03. The smallest absolute Gasteiger partial charge is 0.370 e. The quantitative estimate of drug-likeness (QED) is 0.101. The first kappa shape index (κ1) is 30.6. The lowest BCUT2D eigenvalue weighted by molar-refractivity contribution is -0.660. The highest BCUT2D eigenvalue weighted by Gasteiger charge is 2.25. The van der Waals surface area contributed by atoms with Crippen LogP contribution in [0.1, 0.15) is 38.3 Å². The summed E-state index contributed by atoms with van der Waals surface area (Å²) in [4.78, 5) is 16.0. The van der Waals surface area contributed by atoms with Crippen molar-refractivity contribution >= 4 is 63.8 Å². The minimum absolute atomic E-state index is 0.0758. The largest absolute Gasteiger partial charge is 0.477 e. The molecule has 7 nitrogen and oxygen atoms in total. The van der Waals surface area contributed by atoms with Crippen LogP contribution in [0.25, 0.3) is 17.0 Å². The van der Waals surface area contributed by atoms with Crippen molar-refractivity contribution in [2.45, 2.75) is 50.5 Å². The molecule has 0 fully saturated rings. The van der Waals surface area contributed by atoms with Crippen molar-refractivity contribution in [3.63, 3.8) is 0 Å². The fourth-order valence-corrected chi connectivity index (χ4v) is 7.05. The third-order valence-electron chi connectivity index (χ3n) is 6.83. The van der Waals surface area contributed by atoms with Crippen molar-refractivity contribution in [2.75, 3.05) is 11.4 Å². The Kier molecular flexibility index (Phi) is 10.0. The number of carboxylic acid groups (broad SMARTS) is 1. The first-order valence-corrected chi connectivity index (χ1v) is 16.4. The number of aliphatic carboxylic acids is 1. The van der Waals surface area contributed by atoms with E-state index in [0.29, 0.717) is 5.19 Å². The Morgan fingerprint density at radius 3 is 2.77 bits per heavy atom. The highest BCUT2D eigenvalue weighted by Crippen LogP contribution is 2.47. The topological polar surface area (TPSA) is 79.4 Å². The minimum Gasteiger partial charge on any atom is -0.477 e. The van der Waals surface area contributed by atoms with Crippen LogP contribution in [-0.2, 0) is 11.3 Å². The van der Waals surface area contributed by atoms with E-state index in [4.69, 9.17) is 4.18 Å². The number of pyridine rings is 1. The van der Waals surface area contributed by atoms with Gasteiger partial charge in [-0.05, 0) is 74.2 Å². The molecule has 10 heteroatoms. The van der Waals surface area contributed by atoms with E-state index >= 15 is 0 Å². The predicted octanol–water partition coefficient (Wildman–Crippen LogP) is 8.23. The molecule has 1 N–H and O–H groups in total. The number of carboxylic acids is 1. The van der Waals surface area contributed by atoms with Gasteiger partial charge in [0.25, 0.3) is 0 Å². The second kappa shape index (κ2) is 14.1. The third kappa shape index (κ3) is 7.38. The van der Waals surface area contributed by atoms with Gasteiger partial charge in [0, 0.05) is 23.6 Å². The van der Waals surface area contributed by atoms with Crippen LogP contribution in [0.2, 0.25) is 0 Å². The monoisotopic (exact) mass is 629 g/mol. The summed E-state index contributed by atoms with van der Waals surface area (Å²) >= 11 is 4.42. The van der Waals surface area contributed by atoms with Crippen LogP contribution in [0.3, 0.4) is 0 Å². The van der Waals surface area contributed by atoms with Crippen LogP contribution < -0.4 is 13.7 Å². The van der Waals surface area contributed by atoms with E-state index in [2.05, 4.69) is 90.5 Å². The lowest BCUT2D eigenvalue weighted by Crippen LogP contribution is -2.38. The van der Waals surface area contributed by atoms with E-state index in [-0.39, 0.29) is 6.54 Å². The number of nitrogens with zero attached hydrogens (tertiary/aromatic N) is 4. The molecule has 0 saturated carbocycles. The van der Waals surface area contributed by atoms with Crippen LogP contribution in [-0.4, -0.2) is 27.8 Å². The SMILES string of the molecule is C/C=C/C(/C=C1\Sc2ccc(SOc3nncs3)cc2N1CC)=C\C(=C\c1cc[n+](CC(=O)O)c2ccc(C)cc12)CC. The van der Waals surface area contributed by atoms with Gasteiger partial charge in [-0.2, -0.15) is 4.57 Å². The highest BCUT2D eigenvalue weighted by atomic mass is 32.2. The molecule has 0 aliphatic carbocycles. The molecule has 0 unspecified atom stereocenters. The molecule has 0 spiro atoms. The number of fused-ring (bicyclic) bond motifs is 2. The van der Waals surface area contributed by atoms with E-state index in [1.54, 1.807) is 21.8 Å². The molecule has 4 aromatic rings. The van der Waals surface area contributed by atoms with Gasteiger partial charge in [0.1, 0.15) is 5.51 Å². The summed E-state index contributed by atoms with van der Waals surface area (Å²) in [5, 5.41) is 19.9. The molecule has 1 aliphatic heterocycles. The summed E-state index contributed by atoms with van der Waals surface area (Å²) in [5.41, 5.74) is 8.21. The van der Waals surface area contributed by atoms with E-state index in [0.717, 1.165) is 51.2 Å². The zero-order valence-electron chi connectivity index (χ0n) is 24.5. The van der Waals surface area contributed by atoms with Crippen molar-refractivity contribution < 1.29 is 18.7 Å². The normalized spacial score (nSPS) is 14.7. The van der Waals surface area contributed by atoms with E-state index in [1.165, 1.54) is 38.9 Å². The third-order valence-corrected chi connectivity index (χ3v) is 9.30. The molecule has 0 saturated heterocycles. The molecule has 220 valence electrons. The van der Waals surface area contributed by atoms with Gasteiger partial charge in [-0.1, -0.05) is 71.1 Å². The summed E-state index contributed by atoms with van der Waals surface area (Å²) in [6, 6.07) is 14.5. The Morgan fingerprint density at radius 2 is 2.05 bits per heavy atom. The van der Waals surface area contributed by atoms with Crippen LogP contribution in [0.4, 0.5) is 5.69 Å².